The maximum atomic E-state index is 12.5. The van der Waals surface area contributed by atoms with E-state index in [2.05, 4.69) is 15.0 Å². The Hall–Kier alpha value is -3.13. The topological polar surface area (TPSA) is 93.1 Å². The Bertz CT molecular complexity index is 1090. The zero-order valence-corrected chi connectivity index (χ0v) is 17.2. The van der Waals surface area contributed by atoms with E-state index in [9.17, 15) is 13.2 Å². The molecule has 1 heterocycles. The molecule has 0 saturated heterocycles. The van der Waals surface area contributed by atoms with Crippen molar-refractivity contribution in [3.63, 3.8) is 0 Å². The van der Waals surface area contributed by atoms with E-state index in [0.717, 1.165) is 11.4 Å². The lowest BCUT2D eigenvalue weighted by Crippen LogP contribution is -2.17. The van der Waals surface area contributed by atoms with Gasteiger partial charge in [0.2, 0.25) is 10.0 Å². The van der Waals surface area contributed by atoms with Gasteiger partial charge in [0.25, 0.3) is 5.91 Å². The van der Waals surface area contributed by atoms with Crippen molar-refractivity contribution in [3.05, 3.63) is 77.9 Å². The minimum atomic E-state index is -3.40. The number of hydrogen-bond donors (Lipinski definition) is 2. The van der Waals surface area contributed by atoms with E-state index in [1.54, 1.807) is 31.3 Å². The molecule has 2 N–H and O–H groups in total. The van der Waals surface area contributed by atoms with Gasteiger partial charge in [0.05, 0.1) is 5.75 Å². The summed E-state index contributed by atoms with van der Waals surface area (Å²) in [6.07, 6.45) is 4.21. The quantitative estimate of drug-likeness (QED) is 0.591. The number of sulfonamides is 1. The molecule has 7 nitrogen and oxygen atoms in total. The van der Waals surface area contributed by atoms with Gasteiger partial charge in [-0.25, -0.2) is 13.4 Å². The highest BCUT2D eigenvalue weighted by atomic mass is 32.2. The van der Waals surface area contributed by atoms with Crippen molar-refractivity contribution < 1.29 is 13.2 Å². The van der Waals surface area contributed by atoms with Crippen LogP contribution in [-0.4, -0.2) is 29.6 Å². The Morgan fingerprint density at radius 2 is 1.86 bits per heavy atom. The standard InChI is InChI=1S/C21H24N4O3S/c1-3-13-29(27,28)24-20-6-4-5-18(14-20)21(26)23-19-9-7-17(8-10-19)15-25-12-11-22-16(25)2/h4-12,14,24H,3,13,15H2,1-2H3,(H,23,26). The highest BCUT2D eigenvalue weighted by molar-refractivity contribution is 7.92. The number of imidazole rings is 1. The van der Waals surface area contributed by atoms with Crippen LogP contribution in [0.4, 0.5) is 11.4 Å². The van der Waals surface area contributed by atoms with E-state index in [-0.39, 0.29) is 11.7 Å². The van der Waals surface area contributed by atoms with Crippen molar-refractivity contribution in [1.82, 2.24) is 9.55 Å². The maximum Gasteiger partial charge on any atom is 0.255 e. The van der Waals surface area contributed by atoms with Crippen molar-refractivity contribution in [2.24, 2.45) is 0 Å². The number of nitrogens with zero attached hydrogens (tertiary/aromatic N) is 2. The first-order chi connectivity index (χ1) is 13.9. The summed E-state index contributed by atoms with van der Waals surface area (Å²) >= 11 is 0. The molecule has 3 aromatic rings. The van der Waals surface area contributed by atoms with Gasteiger partial charge in [0, 0.05) is 35.9 Å². The zero-order valence-electron chi connectivity index (χ0n) is 16.4. The van der Waals surface area contributed by atoms with Gasteiger partial charge in [-0.05, 0) is 49.2 Å². The van der Waals surface area contributed by atoms with Gasteiger partial charge in [-0.2, -0.15) is 0 Å². The van der Waals surface area contributed by atoms with E-state index in [1.165, 1.54) is 6.07 Å². The first-order valence-corrected chi connectivity index (χ1v) is 11.0. The van der Waals surface area contributed by atoms with Gasteiger partial charge in [-0.15, -0.1) is 0 Å². The fraction of sp³-hybridized carbons (Fsp3) is 0.238. The number of carbonyl (C=O) groups is 1. The second-order valence-corrected chi connectivity index (χ2v) is 8.60. The number of rotatable bonds is 8. The van der Waals surface area contributed by atoms with Crippen LogP contribution in [0.5, 0.6) is 0 Å². The van der Waals surface area contributed by atoms with Crippen LogP contribution in [0.15, 0.2) is 60.9 Å². The molecular formula is C21H24N4O3S. The number of carbonyl (C=O) groups excluding carboxylic acids is 1. The molecule has 0 atom stereocenters. The maximum absolute atomic E-state index is 12.5. The molecule has 1 aromatic heterocycles. The first kappa shape index (κ1) is 20.6. The number of amides is 1. The van der Waals surface area contributed by atoms with Crippen LogP contribution in [0.3, 0.4) is 0 Å². The van der Waals surface area contributed by atoms with Crippen molar-refractivity contribution >= 4 is 27.3 Å². The van der Waals surface area contributed by atoms with Crippen LogP contribution in [0.1, 0.15) is 35.1 Å². The number of nitrogens with one attached hydrogen (secondary N) is 2. The molecule has 29 heavy (non-hydrogen) atoms. The summed E-state index contributed by atoms with van der Waals surface area (Å²) in [6.45, 7) is 4.45. The number of aromatic nitrogens is 2. The summed E-state index contributed by atoms with van der Waals surface area (Å²) in [4.78, 5) is 16.7. The predicted molar refractivity (Wildman–Crippen MR) is 115 cm³/mol. The summed E-state index contributed by atoms with van der Waals surface area (Å²) in [5.41, 5.74) is 2.51. The molecule has 0 aliphatic heterocycles. The molecule has 3 rings (SSSR count). The van der Waals surface area contributed by atoms with E-state index in [4.69, 9.17) is 0 Å². The van der Waals surface area contributed by atoms with Crippen LogP contribution in [0.2, 0.25) is 0 Å². The van der Waals surface area contributed by atoms with E-state index in [0.29, 0.717) is 29.9 Å². The lowest BCUT2D eigenvalue weighted by atomic mass is 10.1. The van der Waals surface area contributed by atoms with Crippen molar-refractivity contribution in [2.45, 2.75) is 26.8 Å². The average molecular weight is 413 g/mol. The van der Waals surface area contributed by atoms with E-state index in [1.807, 2.05) is 42.0 Å². The molecule has 0 fully saturated rings. The van der Waals surface area contributed by atoms with Gasteiger partial charge in [0.15, 0.2) is 0 Å². The number of anilines is 2. The zero-order chi connectivity index (χ0) is 20.9. The third-order valence-corrected chi connectivity index (χ3v) is 5.85. The third kappa shape index (κ3) is 5.68. The normalized spacial score (nSPS) is 11.2. The molecule has 0 saturated carbocycles. The van der Waals surface area contributed by atoms with Crippen molar-refractivity contribution in [1.29, 1.82) is 0 Å². The van der Waals surface area contributed by atoms with E-state index < -0.39 is 10.0 Å². The van der Waals surface area contributed by atoms with Gasteiger partial charge >= 0.3 is 0 Å². The fourth-order valence-electron chi connectivity index (χ4n) is 2.89. The van der Waals surface area contributed by atoms with Crippen LogP contribution in [0.25, 0.3) is 0 Å². The second kappa shape index (κ2) is 8.91. The van der Waals surface area contributed by atoms with Gasteiger partial charge in [-0.1, -0.05) is 25.1 Å². The number of benzene rings is 2. The molecule has 152 valence electrons. The third-order valence-electron chi connectivity index (χ3n) is 4.36. The summed E-state index contributed by atoms with van der Waals surface area (Å²) in [6, 6.07) is 14.0. The molecule has 8 heteroatoms. The first-order valence-electron chi connectivity index (χ1n) is 9.35. The Kier molecular flexibility index (Phi) is 6.33. The molecule has 0 aliphatic carbocycles. The van der Waals surface area contributed by atoms with E-state index >= 15 is 0 Å². The number of hydrogen-bond acceptors (Lipinski definition) is 4. The summed E-state index contributed by atoms with van der Waals surface area (Å²) in [5, 5.41) is 2.84. The Labute approximate surface area is 170 Å². The summed E-state index contributed by atoms with van der Waals surface area (Å²) in [5.74, 6) is 0.672. The SMILES string of the molecule is CCCS(=O)(=O)Nc1cccc(C(=O)Nc2ccc(Cn3ccnc3C)cc2)c1. The molecule has 0 radical (unpaired) electrons. The molecule has 0 unspecified atom stereocenters. The smallest absolute Gasteiger partial charge is 0.255 e. The minimum Gasteiger partial charge on any atom is -0.331 e. The second-order valence-electron chi connectivity index (χ2n) is 6.76. The Morgan fingerprint density at radius 3 is 2.52 bits per heavy atom. The average Bonchev–Trinajstić information content (AvgIpc) is 3.07. The molecule has 0 spiro atoms. The van der Waals surface area contributed by atoms with Gasteiger partial charge in [-0.3, -0.25) is 9.52 Å². The van der Waals surface area contributed by atoms with Crippen molar-refractivity contribution in [3.8, 4) is 0 Å². The van der Waals surface area contributed by atoms with Crippen LogP contribution in [0, 0.1) is 6.92 Å². The lowest BCUT2D eigenvalue weighted by Gasteiger charge is -2.10. The van der Waals surface area contributed by atoms with Crippen LogP contribution in [-0.2, 0) is 16.6 Å². The van der Waals surface area contributed by atoms with Crippen molar-refractivity contribution in [2.75, 3.05) is 15.8 Å². The minimum absolute atomic E-state index is 0.0361. The van der Waals surface area contributed by atoms with Gasteiger partial charge in [0.1, 0.15) is 5.82 Å². The predicted octanol–water partition coefficient (Wildman–Crippen LogP) is 3.64. The molecule has 0 aliphatic rings. The molecule has 1 amide bonds. The molecule has 0 bridgehead atoms. The summed E-state index contributed by atoms with van der Waals surface area (Å²) < 4.78 is 28.4. The summed E-state index contributed by atoms with van der Waals surface area (Å²) in [7, 11) is -3.40. The Morgan fingerprint density at radius 1 is 1.10 bits per heavy atom. The number of aryl methyl sites for hydroxylation is 1. The fourth-order valence-corrected chi connectivity index (χ4v) is 4.01. The largest absolute Gasteiger partial charge is 0.331 e. The van der Waals surface area contributed by atoms with Gasteiger partial charge < -0.3 is 9.88 Å². The molecule has 2 aromatic carbocycles. The molecular weight excluding hydrogens is 388 g/mol. The van der Waals surface area contributed by atoms with Crippen LogP contribution < -0.4 is 10.0 Å². The highest BCUT2D eigenvalue weighted by Crippen LogP contribution is 2.16. The highest BCUT2D eigenvalue weighted by Gasteiger charge is 2.11. The lowest BCUT2D eigenvalue weighted by molar-refractivity contribution is 0.102. The van der Waals surface area contributed by atoms with Crippen LogP contribution >= 0.6 is 0 Å². The monoisotopic (exact) mass is 412 g/mol. The Balaban J connectivity index is 1.65.